The van der Waals surface area contributed by atoms with Gasteiger partial charge in [0.15, 0.2) is 0 Å². The first-order chi connectivity index (χ1) is 12.7. The van der Waals surface area contributed by atoms with Crippen LogP contribution in [0.5, 0.6) is 0 Å². The van der Waals surface area contributed by atoms with Crippen LogP contribution in [0.15, 0.2) is 54.6 Å². The molecule has 0 fully saturated rings. The van der Waals surface area contributed by atoms with Crippen molar-refractivity contribution in [3.05, 3.63) is 76.9 Å². The zero-order valence-corrected chi connectivity index (χ0v) is 16.9. The standard InChI is InChI=1S/C25H30O2/c1-24(2)15-16-25(3,4)22-17-18(13-14-21(22)24)9-8-12-20(23(26)27)19-10-6-5-7-11-19/h5-7,10-14,17H,8-9,15-16H2,1-4H3,(H,26,27)/b20-12+. The highest BCUT2D eigenvalue weighted by molar-refractivity contribution is 6.15. The number of fused-ring (bicyclic) bond motifs is 1. The van der Waals surface area contributed by atoms with Gasteiger partial charge in [-0.25, -0.2) is 4.79 Å². The van der Waals surface area contributed by atoms with Gasteiger partial charge in [-0.15, -0.1) is 0 Å². The summed E-state index contributed by atoms with van der Waals surface area (Å²) in [6.45, 7) is 9.34. The van der Waals surface area contributed by atoms with E-state index >= 15 is 0 Å². The van der Waals surface area contributed by atoms with Crippen LogP contribution < -0.4 is 0 Å². The summed E-state index contributed by atoms with van der Waals surface area (Å²) in [6.07, 6.45) is 5.85. The molecule has 2 nitrogen and oxygen atoms in total. The van der Waals surface area contributed by atoms with Gasteiger partial charge in [0.1, 0.15) is 0 Å². The van der Waals surface area contributed by atoms with Crippen molar-refractivity contribution in [1.29, 1.82) is 0 Å². The van der Waals surface area contributed by atoms with Gasteiger partial charge in [0, 0.05) is 0 Å². The zero-order chi connectivity index (χ0) is 19.7. The van der Waals surface area contributed by atoms with E-state index in [0.29, 0.717) is 5.57 Å². The molecule has 1 aliphatic carbocycles. The minimum absolute atomic E-state index is 0.201. The van der Waals surface area contributed by atoms with Crippen molar-refractivity contribution in [2.75, 3.05) is 0 Å². The average molecular weight is 363 g/mol. The predicted octanol–water partition coefficient (Wildman–Crippen LogP) is 6.14. The smallest absolute Gasteiger partial charge is 0.335 e. The Hall–Kier alpha value is -2.35. The highest BCUT2D eigenvalue weighted by Crippen LogP contribution is 2.45. The number of aryl methyl sites for hydroxylation is 1. The molecule has 0 heterocycles. The lowest BCUT2D eigenvalue weighted by atomic mass is 9.63. The summed E-state index contributed by atoms with van der Waals surface area (Å²) in [4.78, 5) is 11.6. The number of hydrogen-bond donors (Lipinski definition) is 1. The molecule has 2 aromatic rings. The third-order valence-corrected chi connectivity index (χ3v) is 6.01. The Morgan fingerprint density at radius 2 is 1.59 bits per heavy atom. The maximum absolute atomic E-state index is 11.6. The quantitative estimate of drug-likeness (QED) is 0.649. The largest absolute Gasteiger partial charge is 0.478 e. The molecule has 0 spiro atoms. The van der Waals surface area contributed by atoms with Crippen LogP contribution in [0.1, 0.15) is 69.2 Å². The summed E-state index contributed by atoms with van der Waals surface area (Å²) in [6, 6.07) is 16.2. The van der Waals surface area contributed by atoms with E-state index in [1.54, 1.807) is 0 Å². The highest BCUT2D eigenvalue weighted by Gasteiger charge is 2.36. The average Bonchev–Trinajstić information content (AvgIpc) is 2.63. The Morgan fingerprint density at radius 1 is 0.963 bits per heavy atom. The number of carbonyl (C=O) groups is 1. The van der Waals surface area contributed by atoms with Gasteiger partial charge in [-0.3, -0.25) is 0 Å². The second kappa shape index (κ2) is 7.34. The summed E-state index contributed by atoms with van der Waals surface area (Å²) >= 11 is 0. The van der Waals surface area contributed by atoms with E-state index in [1.807, 2.05) is 36.4 Å². The van der Waals surface area contributed by atoms with Gasteiger partial charge in [0.05, 0.1) is 5.57 Å². The molecule has 0 amide bonds. The van der Waals surface area contributed by atoms with E-state index in [2.05, 4.69) is 45.9 Å². The summed E-state index contributed by atoms with van der Waals surface area (Å²) in [5.74, 6) is -0.866. The van der Waals surface area contributed by atoms with E-state index in [9.17, 15) is 9.90 Å². The van der Waals surface area contributed by atoms with Crippen molar-refractivity contribution >= 4 is 11.5 Å². The summed E-state index contributed by atoms with van der Waals surface area (Å²) in [5, 5.41) is 9.54. The molecule has 1 aliphatic rings. The molecule has 0 saturated heterocycles. The maximum atomic E-state index is 11.6. The topological polar surface area (TPSA) is 37.3 Å². The van der Waals surface area contributed by atoms with Gasteiger partial charge < -0.3 is 5.11 Å². The molecule has 142 valence electrons. The molecule has 0 unspecified atom stereocenters. The fourth-order valence-electron chi connectivity index (χ4n) is 4.12. The number of allylic oxidation sites excluding steroid dienone is 1. The third kappa shape index (κ3) is 4.16. The van der Waals surface area contributed by atoms with Crippen molar-refractivity contribution < 1.29 is 9.90 Å². The van der Waals surface area contributed by atoms with Crippen LogP contribution in [0.3, 0.4) is 0 Å². The lowest BCUT2D eigenvalue weighted by Crippen LogP contribution is -2.33. The second-order valence-corrected chi connectivity index (χ2v) is 8.98. The van der Waals surface area contributed by atoms with E-state index in [-0.39, 0.29) is 10.8 Å². The summed E-state index contributed by atoms with van der Waals surface area (Å²) in [5.41, 5.74) is 5.79. The molecule has 0 aliphatic heterocycles. The Labute approximate surface area is 162 Å². The van der Waals surface area contributed by atoms with Crippen molar-refractivity contribution in [3.63, 3.8) is 0 Å². The van der Waals surface area contributed by atoms with Crippen LogP contribution in [0, 0.1) is 0 Å². The van der Waals surface area contributed by atoms with Crippen LogP contribution in [0.25, 0.3) is 5.57 Å². The molecule has 2 heteroatoms. The van der Waals surface area contributed by atoms with Crippen LogP contribution in [0.4, 0.5) is 0 Å². The molecular weight excluding hydrogens is 332 g/mol. The first-order valence-electron chi connectivity index (χ1n) is 9.83. The fraction of sp³-hybridized carbons (Fsp3) is 0.400. The van der Waals surface area contributed by atoms with Crippen molar-refractivity contribution in [2.24, 2.45) is 0 Å². The fourth-order valence-corrected chi connectivity index (χ4v) is 4.12. The van der Waals surface area contributed by atoms with Gasteiger partial charge in [0.2, 0.25) is 0 Å². The zero-order valence-electron chi connectivity index (χ0n) is 16.9. The van der Waals surface area contributed by atoms with Crippen LogP contribution >= 0.6 is 0 Å². The molecule has 3 rings (SSSR count). The first-order valence-corrected chi connectivity index (χ1v) is 9.83. The molecule has 0 saturated carbocycles. The predicted molar refractivity (Wildman–Crippen MR) is 112 cm³/mol. The molecule has 0 aromatic heterocycles. The molecule has 27 heavy (non-hydrogen) atoms. The summed E-state index contributed by atoms with van der Waals surface area (Å²) < 4.78 is 0. The Kier molecular flexibility index (Phi) is 5.28. The van der Waals surface area contributed by atoms with Crippen molar-refractivity contribution in [2.45, 2.75) is 64.2 Å². The van der Waals surface area contributed by atoms with E-state index in [1.165, 1.54) is 29.5 Å². The van der Waals surface area contributed by atoms with Gasteiger partial charge in [-0.1, -0.05) is 82.3 Å². The molecule has 0 bridgehead atoms. The van der Waals surface area contributed by atoms with E-state index < -0.39 is 5.97 Å². The van der Waals surface area contributed by atoms with Gasteiger partial charge >= 0.3 is 5.97 Å². The second-order valence-electron chi connectivity index (χ2n) is 8.98. The highest BCUT2D eigenvalue weighted by atomic mass is 16.4. The van der Waals surface area contributed by atoms with Crippen LogP contribution in [-0.2, 0) is 22.0 Å². The van der Waals surface area contributed by atoms with E-state index in [0.717, 1.165) is 18.4 Å². The van der Waals surface area contributed by atoms with E-state index in [4.69, 9.17) is 0 Å². The number of aliphatic carboxylic acids is 1. The third-order valence-electron chi connectivity index (χ3n) is 6.01. The Bertz CT molecular complexity index is 857. The number of rotatable bonds is 5. The van der Waals surface area contributed by atoms with Crippen LogP contribution in [0.2, 0.25) is 0 Å². The number of hydrogen-bond acceptors (Lipinski definition) is 1. The maximum Gasteiger partial charge on any atom is 0.335 e. The monoisotopic (exact) mass is 362 g/mol. The molecule has 0 radical (unpaired) electrons. The molecule has 0 atom stereocenters. The number of carboxylic acids is 1. The molecular formula is C25H30O2. The summed E-state index contributed by atoms with van der Waals surface area (Å²) in [7, 11) is 0. The van der Waals surface area contributed by atoms with Gasteiger partial charge in [-0.05, 0) is 58.8 Å². The Morgan fingerprint density at radius 3 is 2.22 bits per heavy atom. The molecule has 1 N–H and O–H groups in total. The lowest BCUT2D eigenvalue weighted by Gasteiger charge is -2.42. The number of benzene rings is 2. The van der Waals surface area contributed by atoms with Crippen molar-refractivity contribution in [1.82, 2.24) is 0 Å². The normalized spacial score (nSPS) is 18.0. The minimum atomic E-state index is -0.866. The van der Waals surface area contributed by atoms with Crippen LogP contribution in [-0.4, -0.2) is 11.1 Å². The number of carboxylic acid groups (broad SMARTS) is 1. The molecule has 2 aromatic carbocycles. The first kappa shape index (κ1) is 19.4. The van der Waals surface area contributed by atoms with Crippen molar-refractivity contribution in [3.8, 4) is 0 Å². The Balaban J connectivity index is 1.82. The van der Waals surface area contributed by atoms with Gasteiger partial charge in [0.25, 0.3) is 0 Å². The minimum Gasteiger partial charge on any atom is -0.478 e. The SMILES string of the molecule is CC1(C)CCC(C)(C)c2cc(CC/C=C(/C(=O)O)c3ccccc3)ccc21. The lowest BCUT2D eigenvalue weighted by molar-refractivity contribution is -0.130. The van der Waals surface area contributed by atoms with Gasteiger partial charge in [-0.2, -0.15) is 0 Å².